The Kier molecular flexibility index (Phi) is 2.44. The first-order valence-electron chi connectivity index (χ1n) is 4.77. The molecule has 2 aromatic rings. The maximum Gasteiger partial charge on any atom is 0.316 e. The number of H-pyrrole nitrogens is 1. The van der Waals surface area contributed by atoms with Gasteiger partial charge in [-0.15, -0.1) is 0 Å². The van der Waals surface area contributed by atoms with E-state index in [1.807, 2.05) is 0 Å². The first-order chi connectivity index (χ1) is 8.45. The van der Waals surface area contributed by atoms with Gasteiger partial charge in [0.15, 0.2) is 0 Å². The Labute approximate surface area is 98.9 Å². The smallest absolute Gasteiger partial charge is 0.316 e. The van der Waals surface area contributed by atoms with Crippen LogP contribution in [-0.2, 0) is 7.05 Å². The number of fused-ring (bicyclic) bond motifs is 1. The minimum absolute atomic E-state index is 0.132. The fourth-order valence-electron chi connectivity index (χ4n) is 1.63. The molecule has 90 valence electrons. The summed E-state index contributed by atoms with van der Waals surface area (Å²) in [6, 6.07) is 3.94. The van der Waals surface area contributed by atoms with Crippen LogP contribution in [0.3, 0.4) is 0 Å². The summed E-state index contributed by atoms with van der Waals surface area (Å²) in [6.07, 6.45) is 0. The van der Waals surface area contributed by atoms with Crippen molar-refractivity contribution in [2.24, 2.45) is 7.05 Å². The summed E-state index contributed by atoms with van der Waals surface area (Å²) in [5, 5.41) is 19.6. The number of aryl methyl sites for hydroxylation is 1. The van der Waals surface area contributed by atoms with E-state index < -0.39 is 21.7 Å². The molecule has 0 fully saturated rings. The molecule has 1 N–H and O–H groups in total. The molecular formula is C10H6N4O4. The van der Waals surface area contributed by atoms with Crippen molar-refractivity contribution in [3.05, 3.63) is 48.5 Å². The van der Waals surface area contributed by atoms with E-state index in [0.29, 0.717) is 0 Å². The van der Waals surface area contributed by atoms with E-state index in [1.165, 1.54) is 13.1 Å². The highest BCUT2D eigenvalue weighted by atomic mass is 16.6. The zero-order chi connectivity index (χ0) is 13.4. The molecule has 8 nitrogen and oxygen atoms in total. The lowest BCUT2D eigenvalue weighted by atomic mass is 10.1. The second-order valence-corrected chi connectivity index (χ2v) is 3.57. The van der Waals surface area contributed by atoms with Gasteiger partial charge in [0, 0.05) is 13.1 Å². The average Bonchev–Trinajstić information content (AvgIpc) is 2.34. The van der Waals surface area contributed by atoms with E-state index in [0.717, 1.165) is 10.6 Å². The number of nitrogens with one attached hydrogen (secondary N) is 1. The van der Waals surface area contributed by atoms with Crippen LogP contribution < -0.4 is 11.1 Å². The summed E-state index contributed by atoms with van der Waals surface area (Å²) in [6.45, 7) is 0. The lowest BCUT2D eigenvalue weighted by molar-refractivity contribution is -0.385. The van der Waals surface area contributed by atoms with Crippen LogP contribution in [0.25, 0.3) is 11.0 Å². The third kappa shape index (κ3) is 1.54. The number of nitro groups is 1. The quantitative estimate of drug-likeness (QED) is 0.431. The van der Waals surface area contributed by atoms with Gasteiger partial charge in [0.2, 0.25) is 0 Å². The lowest BCUT2D eigenvalue weighted by Gasteiger charge is -2.04. The number of hydrogen-bond donors (Lipinski definition) is 1. The zero-order valence-electron chi connectivity index (χ0n) is 9.13. The zero-order valence-corrected chi connectivity index (χ0v) is 9.13. The Hall–Kier alpha value is -2.95. The molecule has 1 aromatic carbocycles. The molecule has 1 heterocycles. The minimum Gasteiger partial charge on any atom is -0.316 e. The minimum atomic E-state index is -0.871. The number of nitriles is 1. The van der Waals surface area contributed by atoms with Crippen LogP contribution in [0.1, 0.15) is 5.56 Å². The topological polar surface area (TPSA) is 122 Å². The van der Waals surface area contributed by atoms with Crippen LogP contribution in [0.4, 0.5) is 5.69 Å². The number of benzene rings is 1. The highest BCUT2D eigenvalue weighted by molar-refractivity contribution is 5.80. The molecule has 0 atom stereocenters. The van der Waals surface area contributed by atoms with Gasteiger partial charge in [0.05, 0.1) is 16.0 Å². The number of aromatic nitrogens is 2. The largest absolute Gasteiger partial charge is 0.316 e. The van der Waals surface area contributed by atoms with E-state index >= 15 is 0 Å². The second-order valence-electron chi connectivity index (χ2n) is 3.57. The summed E-state index contributed by atoms with van der Waals surface area (Å²) in [5.41, 5.74) is -1.87. The van der Waals surface area contributed by atoms with Gasteiger partial charge in [0.25, 0.3) is 5.69 Å². The highest BCUT2D eigenvalue weighted by Gasteiger charge is 2.17. The molecule has 1 aromatic heterocycles. The van der Waals surface area contributed by atoms with Crippen molar-refractivity contribution in [1.29, 1.82) is 5.26 Å². The van der Waals surface area contributed by atoms with E-state index in [4.69, 9.17) is 5.26 Å². The Morgan fingerprint density at radius 2 is 2.11 bits per heavy atom. The molecule has 0 unspecified atom stereocenters. The van der Waals surface area contributed by atoms with E-state index in [-0.39, 0.29) is 16.6 Å². The third-order valence-corrected chi connectivity index (χ3v) is 2.54. The van der Waals surface area contributed by atoms with Gasteiger partial charge in [-0.1, -0.05) is 0 Å². The molecule has 0 spiro atoms. The van der Waals surface area contributed by atoms with E-state index in [1.54, 1.807) is 6.07 Å². The van der Waals surface area contributed by atoms with Crippen LogP contribution in [0.5, 0.6) is 0 Å². The van der Waals surface area contributed by atoms with Crippen molar-refractivity contribution >= 4 is 16.7 Å². The molecule has 2 rings (SSSR count). The summed E-state index contributed by atoms with van der Waals surface area (Å²) >= 11 is 0. The van der Waals surface area contributed by atoms with Gasteiger partial charge in [0.1, 0.15) is 11.6 Å². The highest BCUT2D eigenvalue weighted by Crippen LogP contribution is 2.22. The molecule has 0 radical (unpaired) electrons. The standard InChI is InChI=1S/C10H6N4O4/c1-13-8-2-5(4-11)7(14(17)18)3-6(8)12-9(15)10(13)16/h2-3H,1H3,(H,12,15). The number of aromatic amines is 1. The molecule has 0 aliphatic rings. The van der Waals surface area contributed by atoms with Crippen molar-refractivity contribution in [1.82, 2.24) is 9.55 Å². The van der Waals surface area contributed by atoms with Crippen molar-refractivity contribution in [3.63, 3.8) is 0 Å². The first-order valence-corrected chi connectivity index (χ1v) is 4.77. The van der Waals surface area contributed by atoms with E-state index in [2.05, 4.69) is 4.98 Å². The molecule has 0 aliphatic heterocycles. The SMILES string of the molecule is Cn1c(=O)c(=O)[nH]c2cc([N+](=O)[O-])c(C#N)cc21. The molecule has 18 heavy (non-hydrogen) atoms. The van der Waals surface area contributed by atoms with Gasteiger partial charge >= 0.3 is 11.1 Å². The number of nitrogens with zero attached hydrogens (tertiary/aromatic N) is 3. The summed E-state index contributed by atoms with van der Waals surface area (Å²) < 4.78 is 1.04. The second kappa shape index (κ2) is 3.81. The van der Waals surface area contributed by atoms with Gasteiger partial charge in [-0.25, -0.2) is 0 Å². The van der Waals surface area contributed by atoms with Gasteiger partial charge < -0.3 is 9.55 Å². The molecule has 0 bridgehead atoms. The van der Waals surface area contributed by atoms with Gasteiger partial charge in [-0.05, 0) is 6.07 Å². The Morgan fingerprint density at radius 3 is 2.67 bits per heavy atom. The third-order valence-electron chi connectivity index (χ3n) is 2.54. The fourth-order valence-corrected chi connectivity index (χ4v) is 1.63. The lowest BCUT2D eigenvalue weighted by Crippen LogP contribution is -2.34. The van der Waals surface area contributed by atoms with Crippen molar-refractivity contribution in [2.75, 3.05) is 0 Å². The Balaban J connectivity index is 3.03. The maximum absolute atomic E-state index is 11.4. The summed E-state index contributed by atoms with van der Waals surface area (Å²) in [5.74, 6) is 0. The normalized spacial score (nSPS) is 10.2. The fraction of sp³-hybridized carbons (Fsp3) is 0.100. The van der Waals surface area contributed by atoms with E-state index in [9.17, 15) is 19.7 Å². The summed E-state index contributed by atoms with van der Waals surface area (Å²) in [4.78, 5) is 34.9. The van der Waals surface area contributed by atoms with Crippen molar-refractivity contribution in [2.45, 2.75) is 0 Å². The number of nitro benzene ring substituents is 1. The van der Waals surface area contributed by atoms with Crippen LogP contribution in [0, 0.1) is 21.4 Å². The molecule has 8 heteroatoms. The molecular weight excluding hydrogens is 240 g/mol. The molecule has 0 aliphatic carbocycles. The van der Waals surface area contributed by atoms with Gasteiger partial charge in [-0.3, -0.25) is 19.7 Å². The van der Waals surface area contributed by atoms with Gasteiger partial charge in [-0.2, -0.15) is 5.26 Å². The van der Waals surface area contributed by atoms with Crippen LogP contribution in [0.15, 0.2) is 21.7 Å². The predicted octanol–water partition coefficient (Wildman–Crippen LogP) is 0.00668. The summed E-state index contributed by atoms with van der Waals surface area (Å²) in [7, 11) is 1.35. The van der Waals surface area contributed by atoms with Crippen LogP contribution in [-0.4, -0.2) is 14.5 Å². The Bertz CT molecular complexity index is 825. The van der Waals surface area contributed by atoms with Crippen molar-refractivity contribution < 1.29 is 4.92 Å². The molecule has 0 saturated heterocycles. The number of hydrogen-bond acceptors (Lipinski definition) is 5. The Morgan fingerprint density at radius 1 is 1.44 bits per heavy atom. The number of rotatable bonds is 1. The van der Waals surface area contributed by atoms with Crippen LogP contribution >= 0.6 is 0 Å². The first kappa shape index (κ1) is 11.5. The molecule has 0 saturated carbocycles. The monoisotopic (exact) mass is 246 g/mol. The maximum atomic E-state index is 11.4. The van der Waals surface area contributed by atoms with Crippen LogP contribution in [0.2, 0.25) is 0 Å². The van der Waals surface area contributed by atoms with Crippen molar-refractivity contribution in [3.8, 4) is 6.07 Å². The predicted molar refractivity (Wildman–Crippen MR) is 61.2 cm³/mol. The average molecular weight is 246 g/mol. The molecule has 0 amide bonds.